The van der Waals surface area contributed by atoms with Crippen molar-refractivity contribution in [2.45, 2.75) is 89.9 Å². The van der Waals surface area contributed by atoms with Gasteiger partial charge in [0.25, 0.3) is 0 Å². The van der Waals surface area contributed by atoms with Crippen LogP contribution in [0, 0.1) is 11.3 Å². The third kappa shape index (κ3) is 5.15. The van der Waals surface area contributed by atoms with E-state index < -0.39 is 5.97 Å². The second kappa shape index (κ2) is 8.26. The fourth-order valence-corrected chi connectivity index (χ4v) is 4.62. The van der Waals surface area contributed by atoms with Gasteiger partial charge in [0, 0.05) is 23.8 Å². The molecule has 3 rings (SSSR count). The summed E-state index contributed by atoms with van der Waals surface area (Å²) in [5, 5.41) is 13.7. The van der Waals surface area contributed by atoms with Crippen LogP contribution in [0.4, 0.5) is 0 Å². The molecule has 6 nitrogen and oxygen atoms in total. The number of carboxylic acid groups (broad SMARTS) is 1. The third-order valence-corrected chi connectivity index (χ3v) is 6.01. The van der Waals surface area contributed by atoms with Gasteiger partial charge in [-0.05, 0) is 55.8 Å². The van der Waals surface area contributed by atoms with Crippen molar-refractivity contribution in [2.24, 2.45) is 11.3 Å². The quantitative estimate of drug-likeness (QED) is 0.596. The number of aromatic nitrogens is 1. The normalized spacial score (nSPS) is 23.1. The number of carbonyl (C=O) groups excluding carboxylic acids is 1. The monoisotopic (exact) mass is 391 g/mol. The summed E-state index contributed by atoms with van der Waals surface area (Å²) in [7, 11) is 1.35. The predicted octanol–water partition coefficient (Wildman–Crippen LogP) is 4.99. The molecule has 1 aromatic heterocycles. The lowest BCUT2D eigenvalue weighted by atomic mass is 9.66. The van der Waals surface area contributed by atoms with Gasteiger partial charge >= 0.3 is 11.9 Å². The van der Waals surface area contributed by atoms with Crippen LogP contribution in [-0.2, 0) is 14.3 Å². The van der Waals surface area contributed by atoms with Crippen LogP contribution in [-0.4, -0.2) is 29.3 Å². The first-order valence-electron chi connectivity index (χ1n) is 10.5. The fourth-order valence-electron chi connectivity index (χ4n) is 4.62. The summed E-state index contributed by atoms with van der Waals surface area (Å²) in [5.74, 6) is 1.03. The van der Waals surface area contributed by atoms with Crippen molar-refractivity contribution in [3.63, 3.8) is 0 Å². The zero-order valence-electron chi connectivity index (χ0n) is 17.5. The molecule has 2 fully saturated rings. The Labute approximate surface area is 167 Å². The van der Waals surface area contributed by atoms with Crippen LogP contribution >= 0.6 is 0 Å². The zero-order valence-corrected chi connectivity index (χ0v) is 17.5. The second-order valence-corrected chi connectivity index (χ2v) is 9.83. The minimum atomic E-state index is -0.880. The van der Waals surface area contributed by atoms with Crippen LogP contribution in [0.15, 0.2) is 4.52 Å². The van der Waals surface area contributed by atoms with Gasteiger partial charge in [-0.2, -0.15) is 0 Å². The third-order valence-electron chi connectivity index (χ3n) is 6.01. The number of esters is 1. The molecule has 2 aliphatic rings. The highest BCUT2D eigenvalue weighted by atomic mass is 16.5. The van der Waals surface area contributed by atoms with Crippen molar-refractivity contribution in [1.29, 1.82) is 0 Å². The van der Waals surface area contributed by atoms with E-state index in [4.69, 9.17) is 9.26 Å². The van der Waals surface area contributed by atoms with E-state index in [-0.39, 0.29) is 24.7 Å². The summed E-state index contributed by atoms with van der Waals surface area (Å²) in [6.07, 6.45) is 6.24. The number of nitrogens with zero attached hydrogens (tertiary/aromatic N) is 1. The molecule has 0 saturated heterocycles. The van der Waals surface area contributed by atoms with E-state index in [0.717, 1.165) is 48.6 Å². The van der Waals surface area contributed by atoms with Crippen LogP contribution in [0.3, 0.4) is 0 Å². The SMILES string of the molecule is COC(=O)CC[C@@H](CC(=O)O)c1noc(C2CC(CC(C)(C)C)C2)c1C1CC1. The van der Waals surface area contributed by atoms with Crippen molar-refractivity contribution in [2.75, 3.05) is 7.11 Å². The minimum absolute atomic E-state index is 0.0417. The first-order chi connectivity index (χ1) is 13.2. The molecule has 0 aromatic carbocycles. The van der Waals surface area contributed by atoms with Gasteiger partial charge in [-0.3, -0.25) is 9.59 Å². The van der Waals surface area contributed by atoms with E-state index in [9.17, 15) is 14.7 Å². The number of ether oxygens (including phenoxy) is 1. The maximum atomic E-state index is 11.6. The average molecular weight is 392 g/mol. The number of hydrogen-bond donors (Lipinski definition) is 1. The highest BCUT2D eigenvalue weighted by molar-refractivity contribution is 5.70. The molecule has 1 aromatic rings. The lowest BCUT2D eigenvalue weighted by molar-refractivity contribution is -0.142. The molecule has 0 amide bonds. The van der Waals surface area contributed by atoms with E-state index >= 15 is 0 Å². The Morgan fingerprint density at radius 3 is 2.46 bits per heavy atom. The first-order valence-corrected chi connectivity index (χ1v) is 10.5. The first kappa shape index (κ1) is 20.9. The van der Waals surface area contributed by atoms with Crippen molar-refractivity contribution in [3.05, 3.63) is 17.0 Å². The van der Waals surface area contributed by atoms with E-state index in [2.05, 4.69) is 25.9 Å². The number of aliphatic carboxylic acids is 1. The van der Waals surface area contributed by atoms with Crippen LogP contribution in [0.5, 0.6) is 0 Å². The summed E-state index contributed by atoms with van der Waals surface area (Å²) in [6, 6.07) is 0. The van der Waals surface area contributed by atoms with E-state index in [1.807, 2.05) is 0 Å². The maximum Gasteiger partial charge on any atom is 0.305 e. The lowest BCUT2D eigenvalue weighted by Gasteiger charge is -2.38. The van der Waals surface area contributed by atoms with Gasteiger partial charge in [-0.25, -0.2) is 0 Å². The lowest BCUT2D eigenvalue weighted by Crippen LogP contribution is -2.26. The highest BCUT2D eigenvalue weighted by Crippen LogP contribution is 2.53. The number of carbonyl (C=O) groups is 2. The predicted molar refractivity (Wildman–Crippen MR) is 104 cm³/mol. The topological polar surface area (TPSA) is 89.6 Å². The van der Waals surface area contributed by atoms with Gasteiger partial charge in [-0.15, -0.1) is 0 Å². The van der Waals surface area contributed by atoms with Gasteiger partial charge in [-0.1, -0.05) is 25.9 Å². The molecule has 2 aliphatic carbocycles. The fraction of sp³-hybridized carbons (Fsp3) is 0.773. The highest BCUT2D eigenvalue weighted by Gasteiger charge is 2.42. The molecule has 0 aliphatic heterocycles. The molecule has 0 radical (unpaired) electrons. The largest absolute Gasteiger partial charge is 0.481 e. The van der Waals surface area contributed by atoms with Gasteiger partial charge in [0.1, 0.15) is 5.76 Å². The molecule has 2 saturated carbocycles. The molecule has 1 N–H and O–H groups in total. The van der Waals surface area contributed by atoms with Crippen molar-refractivity contribution in [3.8, 4) is 0 Å². The standard InChI is InChI=1S/C22H33NO5/c1-22(2,3)12-13-9-16(10-13)21-19(14-5-6-14)20(23-28-21)15(11-17(24)25)7-8-18(26)27-4/h13-16H,5-12H2,1-4H3,(H,24,25)/t13?,15-,16?/m0/s1. The summed E-state index contributed by atoms with van der Waals surface area (Å²) >= 11 is 0. The van der Waals surface area contributed by atoms with Crippen molar-refractivity contribution < 1.29 is 24.0 Å². The Hall–Kier alpha value is -1.85. The molecule has 6 heteroatoms. The second-order valence-electron chi connectivity index (χ2n) is 9.83. The number of rotatable bonds is 9. The molecular weight excluding hydrogens is 358 g/mol. The van der Waals surface area contributed by atoms with Crippen LogP contribution in [0.1, 0.15) is 107 Å². The molecule has 28 heavy (non-hydrogen) atoms. The molecule has 0 spiro atoms. The van der Waals surface area contributed by atoms with Crippen molar-refractivity contribution in [1.82, 2.24) is 5.16 Å². The summed E-state index contributed by atoms with van der Waals surface area (Å²) < 4.78 is 10.5. The Balaban J connectivity index is 1.76. The van der Waals surface area contributed by atoms with E-state index in [1.165, 1.54) is 13.5 Å². The zero-order chi connectivity index (χ0) is 20.5. The number of methoxy groups -OCH3 is 1. The van der Waals surface area contributed by atoms with E-state index in [1.54, 1.807) is 0 Å². The summed E-state index contributed by atoms with van der Waals surface area (Å²) in [4.78, 5) is 23.0. The maximum absolute atomic E-state index is 11.6. The smallest absolute Gasteiger partial charge is 0.305 e. The molecule has 1 atom stereocenters. The molecule has 0 unspecified atom stereocenters. The molecule has 156 valence electrons. The Bertz CT molecular complexity index is 707. The average Bonchev–Trinajstić information content (AvgIpc) is 3.32. The van der Waals surface area contributed by atoms with Crippen molar-refractivity contribution >= 4 is 11.9 Å². The number of carboxylic acids is 1. The summed E-state index contributed by atoms with van der Waals surface area (Å²) in [5.41, 5.74) is 2.25. The van der Waals surface area contributed by atoms with Gasteiger partial charge < -0.3 is 14.4 Å². The molecule has 0 bridgehead atoms. The van der Waals surface area contributed by atoms with Crippen LogP contribution in [0.25, 0.3) is 0 Å². The Morgan fingerprint density at radius 1 is 1.25 bits per heavy atom. The van der Waals surface area contributed by atoms with E-state index in [0.29, 0.717) is 23.7 Å². The Kier molecular flexibility index (Phi) is 6.15. The number of hydrogen-bond acceptors (Lipinski definition) is 5. The molecule has 1 heterocycles. The molecular formula is C22H33NO5. The van der Waals surface area contributed by atoms with Gasteiger partial charge in [0.2, 0.25) is 0 Å². The Morgan fingerprint density at radius 2 is 1.93 bits per heavy atom. The summed E-state index contributed by atoms with van der Waals surface area (Å²) in [6.45, 7) is 6.83. The minimum Gasteiger partial charge on any atom is -0.481 e. The van der Waals surface area contributed by atoms with Gasteiger partial charge in [0.15, 0.2) is 0 Å². The van der Waals surface area contributed by atoms with Crippen LogP contribution in [0.2, 0.25) is 0 Å². The van der Waals surface area contributed by atoms with Crippen LogP contribution < -0.4 is 0 Å². The van der Waals surface area contributed by atoms with Gasteiger partial charge in [0.05, 0.1) is 19.2 Å².